The number of nitrogens with one attached hydrogen (secondary N) is 1. The van der Waals surface area contributed by atoms with Crippen LogP contribution in [-0.2, 0) is 16.1 Å². The molecule has 116 valence electrons. The summed E-state index contributed by atoms with van der Waals surface area (Å²) in [5, 5.41) is 3.71. The minimum atomic E-state index is 0.144. The maximum absolute atomic E-state index is 6.16. The predicted molar refractivity (Wildman–Crippen MR) is 89.0 cm³/mol. The van der Waals surface area contributed by atoms with E-state index in [1.165, 1.54) is 35.6 Å². The minimum Gasteiger partial charge on any atom is -0.382 e. The van der Waals surface area contributed by atoms with E-state index in [9.17, 15) is 0 Å². The van der Waals surface area contributed by atoms with E-state index in [1.54, 1.807) is 7.11 Å². The highest BCUT2D eigenvalue weighted by atomic mass is 32.2. The van der Waals surface area contributed by atoms with Crippen LogP contribution in [0.5, 0.6) is 0 Å². The second kappa shape index (κ2) is 7.03. The van der Waals surface area contributed by atoms with Gasteiger partial charge >= 0.3 is 0 Å². The molecule has 0 bridgehead atoms. The van der Waals surface area contributed by atoms with Crippen LogP contribution in [0.15, 0.2) is 24.3 Å². The first-order chi connectivity index (χ1) is 10.3. The summed E-state index contributed by atoms with van der Waals surface area (Å²) in [6.07, 6.45) is 4.66. The molecule has 1 aromatic rings. The lowest BCUT2D eigenvalue weighted by Crippen LogP contribution is -2.46. The van der Waals surface area contributed by atoms with Crippen molar-refractivity contribution >= 4 is 17.4 Å². The number of ether oxygens (including phenoxy) is 2. The summed E-state index contributed by atoms with van der Waals surface area (Å²) in [5.74, 6) is 2.49. The fourth-order valence-corrected chi connectivity index (χ4v) is 4.63. The van der Waals surface area contributed by atoms with Gasteiger partial charge in [0.25, 0.3) is 0 Å². The fraction of sp³-hybridized carbons (Fsp3) is 0.647. The Kier molecular flexibility index (Phi) is 5.09. The van der Waals surface area contributed by atoms with E-state index in [4.69, 9.17) is 9.47 Å². The Bertz CT molecular complexity index is 454. The van der Waals surface area contributed by atoms with E-state index in [0.717, 1.165) is 19.4 Å². The third-order valence-corrected chi connectivity index (χ3v) is 5.49. The maximum Gasteiger partial charge on any atom is 0.0717 e. The van der Waals surface area contributed by atoms with Gasteiger partial charge in [-0.25, -0.2) is 0 Å². The second-order valence-corrected chi connectivity index (χ2v) is 7.34. The first-order valence-corrected chi connectivity index (χ1v) is 9.01. The molecule has 2 saturated heterocycles. The topological polar surface area (TPSA) is 30.5 Å². The van der Waals surface area contributed by atoms with Crippen molar-refractivity contribution in [3.8, 4) is 0 Å². The number of rotatable bonds is 4. The molecule has 1 aromatic carbocycles. The van der Waals surface area contributed by atoms with E-state index in [0.29, 0.717) is 12.6 Å². The molecule has 2 fully saturated rings. The molecule has 0 radical (unpaired) electrons. The van der Waals surface area contributed by atoms with Crippen molar-refractivity contribution in [2.75, 3.05) is 30.5 Å². The average molecular weight is 307 g/mol. The van der Waals surface area contributed by atoms with Gasteiger partial charge in [-0.2, -0.15) is 11.8 Å². The average Bonchev–Trinajstić information content (AvgIpc) is 2.49. The van der Waals surface area contributed by atoms with Crippen molar-refractivity contribution < 1.29 is 9.47 Å². The molecule has 1 unspecified atom stereocenters. The predicted octanol–water partition coefficient (Wildman–Crippen LogP) is 3.69. The summed E-state index contributed by atoms with van der Waals surface area (Å²) < 4.78 is 11.4. The molecule has 2 aliphatic heterocycles. The molecular formula is C17H25NO2S. The first kappa shape index (κ1) is 15.2. The minimum absolute atomic E-state index is 0.144. The Morgan fingerprint density at radius 1 is 1.38 bits per heavy atom. The van der Waals surface area contributed by atoms with E-state index in [1.807, 2.05) is 0 Å². The van der Waals surface area contributed by atoms with Crippen LogP contribution in [0.3, 0.4) is 0 Å². The monoisotopic (exact) mass is 307 g/mol. The molecule has 0 saturated carbocycles. The molecule has 2 aliphatic rings. The summed E-state index contributed by atoms with van der Waals surface area (Å²) in [6, 6.07) is 9.08. The normalized spacial score (nSPS) is 24.9. The Balaban J connectivity index is 1.63. The highest BCUT2D eigenvalue weighted by Crippen LogP contribution is 2.38. The van der Waals surface area contributed by atoms with Crippen LogP contribution in [0.4, 0.5) is 5.69 Å². The molecular weight excluding hydrogens is 282 g/mol. The number of methoxy groups -OCH3 is 1. The molecule has 3 nitrogen and oxygen atoms in total. The molecule has 1 spiro atoms. The van der Waals surface area contributed by atoms with Gasteiger partial charge in [0, 0.05) is 25.4 Å². The SMILES string of the molecule is COCc1cccc(NC2CCOC3(CCSCC3)C2)c1. The molecule has 0 aliphatic carbocycles. The highest BCUT2D eigenvalue weighted by Gasteiger charge is 2.38. The number of anilines is 1. The van der Waals surface area contributed by atoms with Gasteiger partial charge in [-0.3, -0.25) is 0 Å². The largest absolute Gasteiger partial charge is 0.382 e. The van der Waals surface area contributed by atoms with Gasteiger partial charge in [0.05, 0.1) is 12.2 Å². The zero-order chi connectivity index (χ0) is 14.5. The number of benzene rings is 1. The zero-order valence-electron chi connectivity index (χ0n) is 12.8. The van der Waals surface area contributed by atoms with Crippen LogP contribution in [-0.4, -0.2) is 36.9 Å². The smallest absolute Gasteiger partial charge is 0.0717 e. The van der Waals surface area contributed by atoms with Crippen molar-refractivity contribution in [3.05, 3.63) is 29.8 Å². The lowest BCUT2D eigenvalue weighted by atomic mass is 9.85. The van der Waals surface area contributed by atoms with E-state index >= 15 is 0 Å². The third-order valence-electron chi connectivity index (χ3n) is 4.51. The standard InChI is InChI=1S/C17H25NO2S/c1-19-13-14-3-2-4-15(11-14)18-16-5-8-20-17(12-16)6-9-21-10-7-17/h2-4,11,16,18H,5-10,12-13H2,1H3. The van der Waals surface area contributed by atoms with Gasteiger partial charge < -0.3 is 14.8 Å². The Hall–Kier alpha value is -0.710. The van der Waals surface area contributed by atoms with Gasteiger partial charge in [-0.05, 0) is 54.9 Å². The van der Waals surface area contributed by atoms with Gasteiger partial charge in [-0.15, -0.1) is 0 Å². The van der Waals surface area contributed by atoms with Gasteiger partial charge in [0.15, 0.2) is 0 Å². The summed E-state index contributed by atoms with van der Waals surface area (Å²) in [6.45, 7) is 1.56. The number of hydrogen-bond acceptors (Lipinski definition) is 4. The fourth-order valence-electron chi connectivity index (χ4n) is 3.40. The van der Waals surface area contributed by atoms with Crippen molar-refractivity contribution in [2.45, 2.75) is 43.9 Å². The van der Waals surface area contributed by atoms with Crippen LogP contribution in [0.25, 0.3) is 0 Å². The van der Waals surface area contributed by atoms with E-state index in [2.05, 4.69) is 41.3 Å². The molecule has 1 atom stereocenters. The van der Waals surface area contributed by atoms with Gasteiger partial charge in [0.2, 0.25) is 0 Å². The lowest BCUT2D eigenvalue weighted by molar-refractivity contribution is -0.0865. The molecule has 0 aromatic heterocycles. The van der Waals surface area contributed by atoms with Crippen molar-refractivity contribution in [1.82, 2.24) is 0 Å². The quantitative estimate of drug-likeness (QED) is 0.919. The number of thioether (sulfide) groups is 1. The summed E-state index contributed by atoms with van der Waals surface area (Å²) in [4.78, 5) is 0. The van der Waals surface area contributed by atoms with Crippen LogP contribution in [0, 0.1) is 0 Å². The summed E-state index contributed by atoms with van der Waals surface area (Å²) in [5.41, 5.74) is 2.57. The number of hydrogen-bond donors (Lipinski definition) is 1. The van der Waals surface area contributed by atoms with Crippen molar-refractivity contribution in [1.29, 1.82) is 0 Å². The Labute approximate surface area is 131 Å². The second-order valence-electron chi connectivity index (χ2n) is 6.11. The maximum atomic E-state index is 6.16. The third kappa shape index (κ3) is 3.93. The van der Waals surface area contributed by atoms with Crippen molar-refractivity contribution in [3.63, 3.8) is 0 Å². The van der Waals surface area contributed by atoms with Crippen molar-refractivity contribution in [2.24, 2.45) is 0 Å². The van der Waals surface area contributed by atoms with Crippen LogP contribution in [0.2, 0.25) is 0 Å². The molecule has 21 heavy (non-hydrogen) atoms. The molecule has 2 heterocycles. The van der Waals surface area contributed by atoms with Gasteiger partial charge in [-0.1, -0.05) is 12.1 Å². The molecule has 3 rings (SSSR count). The van der Waals surface area contributed by atoms with Crippen LogP contribution >= 0.6 is 11.8 Å². The van der Waals surface area contributed by atoms with Crippen LogP contribution in [0.1, 0.15) is 31.2 Å². The molecule has 1 N–H and O–H groups in total. The van der Waals surface area contributed by atoms with E-state index < -0.39 is 0 Å². The molecule has 0 amide bonds. The Morgan fingerprint density at radius 3 is 3.05 bits per heavy atom. The van der Waals surface area contributed by atoms with E-state index in [-0.39, 0.29) is 5.60 Å². The summed E-state index contributed by atoms with van der Waals surface area (Å²) in [7, 11) is 1.74. The summed E-state index contributed by atoms with van der Waals surface area (Å²) >= 11 is 2.06. The van der Waals surface area contributed by atoms with Gasteiger partial charge in [0.1, 0.15) is 0 Å². The Morgan fingerprint density at radius 2 is 2.24 bits per heavy atom. The lowest BCUT2D eigenvalue weighted by Gasteiger charge is -2.43. The molecule has 4 heteroatoms. The zero-order valence-corrected chi connectivity index (χ0v) is 13.6. The first-order valence-electron chi connectivity index (χ1n) is 7.86. The highest BCUT2D eigenvalue weighted by molar-refractivity contribution is 7.99. The van der Waals surface area contributed by atoms with Crippen LogP contribution < -0.4 is 5.32 Å².